The van der Waals surface area contributed by atoms with E-state index in [1.807, 2.05) is 23.6 Å². The van der Waals surface area contributed by atoms with Gasteiger partial charge in [-0.05, 0) is 35.6 Å². The van der Waals surface area contributed by atoms with Gasteiger partial charge < -0.3 is 5.73 Å². The molecule has 108 valence electrons. The Labute approximate surface area is 123 Å². The van der Waals surface area contributed by atoms with Gasteiger partial charge in [0.15, 0.2) is 0 Å². The summed E-state index contributed by atoms with van der Waals surface area (Å²) in [6.07, 6.45) is 0. The summed E-state index contributed by atoms with van der Waals surface area (Å²) in [6, 6.07) is 9.16. The fourth-order valence-corrected chi connectivity index (χ4v) is 4.18. The molecule has 2 N–H and O–H groups in total. The third-order valence-corrected chi connectivity index (χ3v) is 5.94. The third kappa shape index (κ3) is 3.09. The van der Waals surface area contributed by atoms with Gasteiger partial charge in [-0.2, -0.15) is 4.31 Å². The zero-order chi connectivity index (χ0) is 14.8. The van der Waals surface area contributed by atoms with Gasteiger partial charge in [-0.25, -0.2) is 8.42 Å². The Kier molecular flexibility index (Phi) is 4.59. The Bertz CT molecular complexity index is 679. The topological polar surface area (TPSA) is 63.4 Å². The Morgan fingerprint density at radius 3 is 2.65 bits per heavy atom. The molecule has 0 amide bonds. The SMILES string of the molecule is Cc1ccc(CN)cc1S(=O)(=O)N(C)Cc1cccs1. The Balaban J connectivity index is 2.34. The molecular weight excluding hydrogens is 292 g/mol. The summed E-state index contributed by atoms with van der Waals surface area (Å²) < 4.78 is 26.7. The summed E-state index contributed by atoms with van der Waals surface area (Å²) >= 11 is 1.55. The van der Waals surface area contributed by atoms with E-state index in [1.54, 1.807) is 37.4 Å². The summed E-state index contributed by atoms with van der Waals surface area (Å²) in [5.74, 6) is 0. The second kappa shape index (κ2) is 6.05. The summed E-state index contributed by atoms with van der Waals surface area (Å²) in [6.45, 7) is 2.51. The maximum Gasteiger partial charge on any atom is 0.243 e. The van der Waals surface area contributed by atoms with Gasteiger partial charge in [0.1, 0.15) is 0 Å². The van der Waals surface area contributed by atoms with Crippen molar-refractivity contribution < 1.29 is 8.42 Å². The average Bonchev–Trinajstić information content (AvgIpc) is 2.92. The molecule has 0 aliphatic carbocycles. The number of hydrogen-bond acceptors (Lipinski definition) is 4. The Morgan fingerprint density at radius 1 is 1.30 bits per heavy atom. The van der Waals surface area contributed by atoms with Crippen LogP contribution in [-0.2, 0) is 23.1 Å². The van der Waals surface area contributed by atoms with Gasteiger partial charge in [0, 0.05) is 25.0 Å². The smallest absolute Gasteiger partial charge is 0.243 e. The van der Waals surface area contributed by atoms with Gasteiger partial charge in [0.25, 0.3) is 0 Å². The van der Waals surface area contributed by atoms with Gasteiger partial charge in [0.2, 0.25) is 10.0 Å². The molecule has 1 aromatic carbocycles. The lowest BCUT2D eigenvalue weighted by Crippen LogP contribution is -2.27. The van der Waals surface area contributed by atoms with Crippen molar-refractivity contribution in [3.8, 4) is 0 Å². The molecular formula is C14H18N2O2S2. The van der Waals surface area contributed by atoms with Gasteiger partial charge in [0.05, 0.1) is 4.90 Å². The molecule has 0 aliphatic heterocycles. The lowest BCUT2D eigenvalue weighted by Gasteiger charge is -2.18. The van der Waals surface area contributed by atoms with Crippen LogP contribution in [0.1, 0.15) is 16.0 Å². The van der Waals surface area contributed by atoms with Crippen LogP contribution in [0.4, 0.5) is 0 Å². The van der Waals surface area contributed by atoms with Crippen molar-refractivity contribution in [2.75, 3.05) is 7.05 Å². The van der Waals surface area contributed by atoms with Crippen LogP contribution in [-0.4, -0.2) is 19.8 Å². The first-order chi connectivity index (χ1) is 9.45. The fraction of sp³-hybridized carbons (Fsp3) is 0.286. The van der Waals surface area contributed by atoms with Crippen LogP contribution in [0.3, 0.4) is 0 Å². The highest BCUT2D eigenvalue weighted by Gasteiger charge is 2.23. The van der Waals surface area contributed by atoms with Crippen LogP contribution in [0, 0.1) is 6.92 Å². The number of nitrogens with zero attached hydrogens (tertiary/aromatic N) is 1. The minimum atomic E-state index is -3.49. The summed E-state index contributed by atoms with van der Waals surface area (Å²) in [7, 11) is -1.89. The molecule has 2 rings (SSSR count). The van der Waals surface area contributed by atoms with Crippen molar-refractivity contribution in [1.29, 1.82) is 0 Å². The third-order valence-electron chi connectivity index (χ3n) is 3.14. The normalized spacial score (nSPS) is 12.0. The molecule has 0 aliphatic rings. The minimum absolute atomic E-state index is 0.331. The molecule has 0 saturated carbocycles. The summed E-state index contributed by atoms with van der Waals surface area (Å²) in [5.41, 5.74) is 7.15. The number of thiophene rings is 1. The van der Waals surface area contributed by atoms with Gasteiger partial charge in [-0.1, -0.05) is 18.2 Å². The molecule has 1 heterocycles. The molecule has 1 aromatic heterocycles. The predicted molar refractivity (Wildman–Crippen MR) is 82.0 cm³/mol. The average molecular weight is 310 g/mol. The van der Waals surface area contributed by atoms with Crippen molar-refractivity contribution in [3.63, 3.8) is 0 Å². The molecule has 0 saturated heterocycles. The Hall–Kier alpha value is -1.21. The zero-order valence-electron chi connectivity index (χ0n) is 11.5. The minimum Gasteiger partial charge on any atom is -0.326 e. The molecule has 20 heavy (non-hydrogen) atoms. The molecule has 0 radical (unpaired) electrons. The lowest BCUT2D eigenvalue weighted by molar-refractivity contribution is 0.469. The maximum absolute atomic E-state index is 12.6. The molecule has 0 fully saturated rings. The number of nitrogens with two attached hydrogens (primary N) is 1. The van der Waals surface area contributed by atoms with Crippen molar-refractivity contribution in [3.05, 3.63) is 51.7 Å². The molecule has 0 spiro atoms. The van der Waals surface area contributed by atoms with E-state index in [2.05, 4.69) is 0 Å². The predicted octanol–water partition coefficient (Wildman–Crippen LogP) is 2.34. The van der Waals surface area contributed by atoms with Crippen molar-refractivity contribution in [2.45, 2.75) is 24.9 Å². The second-order valence-electron chi connectivity index (χ2n) is 4.64. The van der Waals surface area contributed by atoms with E-state index in [1.165, 1.54) is 4.31 Å². The number of aryl methyl sites for hydroxylation is 1. The zero-order valence-corrected chi connectivity index (χ0v) is 13.2. The number of sulfonamides is 1. The summed E-state index contributed by atoms with van der Waals surface area (Å²) in [4.78, 5) is 1.35. The second-order valence-corrected chi connectivity index (χ2v) is 7.69. The van der Waals surface area contributed by atoms with E-state index in [-0.39, 0.29) is 0 Å². The number of benzene rings is 1. The molecule has 2 aromatic rings. The van der Waals surface area contributed by atoms with Gasteiger partial charge in [-0.15, -0.1) is 11.3 Å². The number of rotatable bonds is 5. The van der Waals surface area contributed by atoms with Crippen LogP contribution in [0.2, 0.25) is 0 Å². The van der Waals surface area contributed by atoms with Crippen molar-refractivity contribution in [2.24, 2.45) is 5.73 Å². The van der Waals surface area contributed by atoms with Crippen LogP contribution in [0.25, 0.3) is 0 Å². The highest BCUT2D eigenvalue weighted by atomic mass is 32.2. The van der Waals surface area contributed by atoms with E-state index in [0.717, 1.165) is 16.0 Å². The monoisotopic (exact) mass is 310 g/mol. The number of hydrogen-bond donors (Lipinski definition) is 1. The molecule has 0 unspecified atom stereocenters. The van der Waals surface area contributed by atoms with Crippen LogP contribution in [0.5, 0.6) is 0 Å². The fourth-order valence-electron chi connectivity index (χ4n) is 1.92. The van der Waals surface area contributed by atoms with E-state index in [9.17, 15) is 8.42 Å². The standard InChI is InChI=1S/C14H18N2O2S2/c1-11-5-6-12(9-15)8-14(11)20(17,18)16(2)10-13-4-3-7-19-13/h3-8H,9-10,15H2,1-2H3. The maximum atomic E-state index is 12.6. The van der Waals surface area contributed by atoms with Gasteiger partial charge in [-0.3, -0.25) is 0 Å². The van der Waals surface area contributed by atoms with Crippen molar-refractivity contribution >= 4 is 21.4 Å². The molecule has 0 bridgehead atoms. The first kappa shape index (κ1) is 15.2. The van der Waals surface area contributed by atoms with E-state index in [0.29, 0.717) is 18.0 Å². The van der Waals surface area contributed by atoms with Crippen LogP contribution >= 0.6 is 11.3 Å². The van der Waals surface area contributed by atoms with Crippen LogP contribution in [0.15, 0.2) is 40.6 Å². The van der Waals surface area contributed by atoms with Crippen LogP contribution < -0.4 is 5.73 Å². The van der Waals surface area contributed by atoms with E-state index in [4.69, 9.17) is 5.73 Å². The highest BCUT2D eigenvalue weighted by Crippen LogP contribution is 2.22. The van der Waals surface area contributed by atoms with Crippen molar-refractivity contribution in [1.82, 2.24) is 4.31 Å². The Morgan fingerprint density at radius 2 is 2.05 bits per heavy atom. The largest absolute Gasteiger partial charge is 0.326 e. The molecule has 0 atom stereocenters. The lowest BCUT2D eigenvalue weighted by atomic mass is 10.1. The van der Waals surface area contributed by atoms with E-state index < -0.39 is 10.0 Å². The first-order valence-corrected chi connectivity index (χ1v) is 8.55. The molecule has 4 nitrogen and oxygen atoms in total. The van der Waals surface area contributed by atoms with Gasteiger partial charge >= 0.3 is 0 Å². The van der Waals surface area contributed by atoms with E-state index >= 15 is 0 Å². The summed E-state index contributed by atoms with van der Waals surface area (Å²) in [5, 5.41) is 1.94. The first-order valence-electron chi connectivity index (χ1n) is 6.23. The quantitative estimate of drug-likeness (QED) is 0.922. The molecule has 6 heteroatoms. The highest BCUT2D eigenvalue weighted by molar-refractivity contribution is 7.89.